The Morgan fingerprint density at radius 2 is 2.25 bits per heavy atom. The van der Waals surface area contributed by atoms with Gasteiger partial charge in [0.2, 0.25) is 0 Å². The maximum Gasteiger partial charge on any atom is 0.323 e. The molecule has 0 bridgehead atoms. The molecule has 20 heavy (non-hydrogen) atoms. The monoisotopic (exact) mass is 280 g/mol. The Hall–Kier alpha value is -1.82. The van der Waals surface area contributed by atoms with Crippen molar-refractivity contribution >= 4 is 11.9 Å². The van der Waals surface area contributed by atoms with Crippen LogP contribution in [-0.2, 0) is 9.53 Å². The van der Waals surface area contributed by atoms with Gasteiger partial charge in [-0.25, -0.2) is 0 Å². The van der Waals surface area contributed by atoms with E-state index in [9.17, 15) is 9.59 Å². The van der Waals surface area contributed by atoms with E-state index < -0.39 is 0 Å². The van der Waals surface area contributed by atoms with Gasteiger partial charge in [0.25, 0.3) is 5.91 Å². The van der Waals surface area contributed by atoms with Gasteiger partial charge in [-0.3, -0.25) is 14.5 Å². The molecule has 0 saturated carbocycles. The van der Waals surface area contributed by atoms with E-state index in [0.29, 0.717) is 13.0 Å². The van der Waals surface area contributed by atoms with Crippen LogP contribution < -0.4 is 5.32 Å². The summed E-state index contributed by atoms with van der Waals surface area (Å²) in [6, 6.07) is 3.11. The first-order valence-electron chi connectivity index (χ1n) is 6.71. The van der Waals surface area contributed by atoms with Crippen LogP contribution in [0.15, 0.2) is 22.8 Å². The van der Waals surface area contributed by atoms with E-state index in [2.05, 4.69) is 5.32 Å². The van der Waals surface area contributed by atoms with Gasteiger partial charge in [-0.05, 0) is 32.4 Å². The smallest absolute Gasteiger partial charge is 0.323 e. The minimum atomic E-state index is -0.304. The van der Waals surface area contributed by atoms with E-state index >= 15 is 0 Å². The molecule has 0 aromatic carbocycles. The Kier molecular flexibility index (Phi) is 4.44. The summed E-state index contributed by atoms with van der Waals surface area (Å²) < 4.78 is 9.89. The number of carbonyl (C=O) groups excluding carboxylic acids is 2. The molecule has 1 fully saturated rings. The highest BCUT2D eigenvalue weighted by Gasteiger charge is 2.39. The second-order valence-electron chi connectivity index (χ2n) is 5.21. The highest BCUT2D eigenvalue weighted by molar-refractivity contribution is 5.91. The van der Waals surface area contributed by atoms with Crippen LogP contribution in [-0.4, -0.2) is 48.6 Å². The third-order valence-corrected chi connectivity index (χ3v) is 3.56. The molecular formula is C14H20N2O4. The van der Waals surface area contributed by atoms with Gasteiger partial charge >= 0.3 is 5.97 Å². The molecule has 110 valence electrons. The van der Waals surface area contributed by atoms with Crippen LogP contribution in [0.2, 0.25) is 0 Å². The number of amides is 1. The molecule has 1 amide bonds. The maximum absolute atomic E-state index is 11.9. The molecule has 0 unspecified atom stereocenters. The van der Waals surface area contributed by atoms with Gasteiger partial charge in [0, 0.05) is 18.6 Å². The zero-order valence-electron chi connectivity index (χ0n) is 12.0. The first-order valence-corrected chi connectivity index (χ1v) is 6.71. The Balaban J connectivity index is 2.01. The van der Waals surface area contributed by atoms with E-state index in [1.165, 1.54) is 13.4 Å². The number of nitrogens with zero attached hydrogens (tertiary/aromatic N) is 1. The fourth-order valence-electron chi connectivity index (χ4n) is 2.57. The van der Waals surface area contributed by atoms with Crippen molar-refractivity contribution in [3.63, 3.8) is 0 Å². The van der Waals surface area contributed by atoms with Gasteiger partial charge < -0.3 is 14.5 Å². The molecule has 1 aromatic rings. The van der Waals surface area contributed by atoms with E-state index in [4.69, 9.17) is 9.15 Å². The van der Waals surface area contributed by atoms with Crippen molar-refractivity contribution in [3.8, 4) is 0 Å². The summed E-state index contributed by atoms with van der Waals surface area (Å²) in [5.41, 5.74) is 0. The molecule has 1 N–H and O–H groups in total. The maximum atomic E-state index is 11.9. The van der Waals surface area contributed by atoms with Gasteiger partial charge in [-0.1, -0.05) is 0 Å². The molecular weight excluding hydrogens is 260 g/mol. The second-order valence-corrected chi connectivity index (χ2v) is 5.21. The number of likely N-dealkylation sites (tertiary alicyclic amines) is 1. The molecule has 2 heterocycles. The van der Waals surface area contributed by atoms with Crippen LogP contribution in [0.3, 0.4) is 0 Å². The molecule has 0 radical (unpaired) electrons. The molecule has 1 aliphatic heterocycles. The summed E-state index contributed by atoms with van der Waals surface area (Å²) in [6.45, 7) is 4.67. The fourth-order valence-corrected chi connectivity index (χ4v) is 2.57. The number of rotatable bonds is 4. The molecule has 6 heteroatoms. The van der Waals surface area contributed by atoms with Crippen LogP contribution >= 0.6 is 0 Å². The topological polar surface area (TPSA) is 71.8 Å². The third kappa shape index (κ3) is 3.01. The van der Waals surface area contributed by atoms with Gasteiger partial charge in [0.1, 0.15) is 6.04 Å². The lowest BCUT2D eigenvalue weighted by Crippen LogP contribution is -2.42. The van der Waals surface area contributed by atoms with Gasteiger partial charge in [-0.15, -0.1) is 0 Å². The summed E-state index contributed by atoms with van der Waals surface area (Å²) in [7, 11) is 1.38. The summed E-state index contributed by atoms with van der Waals surface area (Å²) >= 11 is 0. The number of methoxy groups -OCH3 is 1. The third-order valence-electron chi connectivity index (χ3n) is 3.56. The number of nitrogens with one attached hydrogen (secondary N) is 1. The molecule has 1 aliphatic rings. The lowest BCUT2D eigenvalue weighted by molar-refractivity contribution is -0.146. The summed E-state index contributed by atoms with van der Waals surface area (Å²) in [6.07, 6.45) is 2.01. The van der Waals surface area contributed by atoms with Crippen LogP contribution in [0.25, 0.3) is 0 Å². The van der Waals surface area contributed by atoms with Crippen molar-refractivity contribution in [1.82, 2.24) is 10.2 Å². The number of carbonyl (C=O) groups is 2. The molecule has 0 aliphatic carbocycles. The van der Waals surface area contributed by atoms with Gasteiger partial charge in [-0.2, -0.15) is 0 Å². The fraction of sp³-hybridized carbons (Fsp3) is 0.571. The summed E-state index contributed by atoms with van der Waals surface area (Å²) in [5.74, 6) is -0.231. The predicted octanol–water partition coefficient (Wildman–Crippen LogP) is 1.03. The first kappa shape index (κ1) is 14.6. The van der Waals surface area contributed by atoms with Crippen LogP contribution in [0.5, 0.6) is 0 Å². The number of esters is 1. The minimum absolute atomic E-state index is 0.0842. The summed E-state index contributed by atoms with van der Waals surface area (Å²) in [5, 5.41) is 2.89. The Morgan fingerprint density at radius 3 is 2.80 bits per heavy atom. The van der Waals surface area contributed by atoms with E-state index in [1.807, 2.05) is 18.7 Å². The molecule has 2 atom stereocenters. The van der Waals surface area contributed by atoms with Crippen LogP contribution in [0, 0.1) is 0 Å². The number of hydrogen-bond acceptors (Lipinski definition) is 5. The van der Waals surface area contributed by atoms with Crippen LogP contribution in [0.4, 0.5) is 0 Å². The van der Waals surface area contributed by atoms with Crippen molar-refractivity contribution in [2.45, 2.75) is 38.4 Å². The number of furan rings is 1. The second kappa shape index (κ2) is 6.09. The predicted molar refractivity (Wildman–Crippen MR) is 72.2 cm³/mol. The average Bonchev–Trinajstić information content (AvgIpc) is 3.06. The average molecular weight is 280 g/mol. The zero-order valence-corrected chi connectivity index (χ0v) is 12.0. The number of hydrogen-bond donors (Lipinski definition) is 1. The SMILES string of the molecule is COC(=O)[C@@H]1C[C@H](NC(=O)c2ccco2)CN1C(C)C. The lowest BCUT2D eigenvalue weighted by atomic mass is 10.1. The zero-order chi connectivity index (χ0) is 14.7. The summed E-state index contributed by atoms with van der Waals surface area (Å²) in [4.78, 5) is 25.8. The van der Waals surface area contributed by atoms with Crippen LogP contribution in [0.1, 0.15) is 30.8 Å². The standard InChI is InChI=1S/C14H20N2O4/c1-9(2)16-8-10(7-11(16)14(18)19-3)15-13(17)12-5-4-6-20-12/h4-6,9-11H,7-8H2,1-3H3,(H,15,17)/t10-,11-/m0/s1. The molecule has 0 spiro atoms. The molecule has 6 nitrogen and oxygen atoms in total. The van der Waals surface area contributed by atoms with Gasteiger partial charge in [0.05, 0.1) is 13.4 Å². The van der Waals surface area contributed by atoms with E-state index in [0.717, 1.165) is 0 Å². The molecule has 2 rings (SSSR count). The minimum Gasteiger partial charge on any atom is -0.468 e. The molecule has 1 saturated heterocycles. The molecule has 1 aromatic heterocycles. The van der Waals surface area contributed by atoms with E-state index in [1.54, 1.807) is 12.1 Å². The van der Waals surface area contributed by atoms with Crippen molar-refractivity contribution < 1.29 is 18.7 Å². The first-order chi connectivity index (χ1) is 9.52. The number of ether oxygens (including phenoxy) is 1. The largest absolute Gasteiger partial charge is 0.468 e. The van der Waals surface area contributed by atoms with Crippen molar-refractivity contribution in [2.24, 2.45) is 0 Å². The lowest BCUT2D eigenvalue weighted by Gasteiger charge is -2.25. The Labute approximate surface area is 118 Å². The van der Waals surface area contributed by atoms with Crippen molar-refractivity contribution in [3.05, 3.63) is 24.2 Å². The van der Waals surface area contributed by atoms with E-state index in [-0.39, 0.29) is 35.8 Å². The Morgan fingerprint density at radius 1 is 1.50 bits per heavy atom. The highest BCUT2D eigenvalue weighted by atomic mass is 16.5. The van der Waals surface area contributed by atoms with Gasteiger partial charge in [0.15, 0.2) is 5.76 Å². The quantitative estimate of drug-likeness (QED) is 0.834. The van der Waals surface area contributed by atoms with Crippen molar-refractivity contribution in [2.75, 3.05) is 13.7 Å². The highest BCUT2D eigenvalue weighted by Crippen LogP contribution is 2.22. The van der Waals surface area contributed by atoms with Crippen molar-refractivity contribution in [1.29, 1.82) is 0 Å². The normalized spacial score (nSPS) is 23.0. The Bertz CT molecular complexity index is 470.